The van der Waals surface area contributed by atoms with Crippen LogP contribution in [0.2, 0.25) is 0 Å². The molecule has 2 aromatic rings. The van der Waals surface area contributed by atoms with Gasteiger partial charge in [0.05, 0.1) is 25.9 Å². The number of hydrogen-bond acceptors (Lipinski definition) is 5. The van der Waals surface area contributed by atoms with E-state index >= 15 is 0 Å². The first-order valence-corrected chi connectivity index (χ1v) is 11.4. The predicted molar refractivity (Wildman–Crippen MR) is 125 cm³/mol. The summed E-state index contributed by atoms with van der Waals surface area (Å²) in [5.41, 5.74) is 4.38. The van der Waals surface area contributed by atoms with E-state index in [0.29, 0.717) is 13.2 Å². The fraction of sp³-hybridized carbons (Fsp3) is 0.423. The van der Waals surface area contributed by atoms with E-state index in [1.54, 1.807) is 6.08 Å². The molecule has 1 amide bonds. The first kappa shape index (κ1) is 22.5. The van der Waals surface area contributed by atoms with Crippen molar-refractivity contribution in [1.82, 2.24) is 5.32 Å². The van der Waals surface area contributed by atoms with Crippen LogP contribution in [0.25, 0.3) is 6.08 Å². The van der Waals surface area contributed by atoms with Crippen LogP contribution in [0.1, 0.15) is 29.5 Å². The third-order valence-corrected chi connectivity index (χ3v) is 5.81. The van der Waals surface area contributed by atoms with Crippen molar-refractivity contribution in [3.05, 3.63) is 71.3 Å². The van der Waals surface area contributed by atoms with Crippen LogP contribution in [0.15, 0.2) is 54.6 Å². The number of morpholine rings is 1. The zero-order valence-electron chi connectivity index (χ0n) is 18.5. The van der Waals surface area contributed by atoms with E-state index in [9.17, 15) is 4.79 Å². The standard InChI is InChI=1S/C26H32N2O4/c29-26(9-6-21-4-7-24(8-5-21)28-12-16-31-17-13-28)27-19-22-2-1-3-23(18-22)20-32-25-10-14-30-15-11-25/h1-9,18,25H,10-17,19-20H2,(H,27,29)/b9-6+. The maximum atomic E-state index is 12.3. The van der Waals surface area contributed by atoms with Crippen molar-refractivity contribution in [2.45, 2.75) is 32.1 Å². The van der Waals surface area contributed by atoms with Gasteiger partial charge in [0.2, 0.25) is 5.91 Å². The summed E-state index contributed by atoms with van der Waals surface area (Å²) in [7, 11) is 0. The number of benzene rings is 2. The molecule has 1 N–H and O–H groups in total. The lowest BCUT2D eigenvalue weighted by molar-refractivity contribution is -0.116. The summed E-state index contributed by atoms with van der Waals surface area (Å²) in [6, 6.07) is 16.4. The van der Waals surface area contributed by atoms with Gasteiger partial charge in [-0.2, -0.15) is 0 Å². The minimum absolute atomic E-state index is 0.105. The van der Waals surface area contributed by atoms with Crippen LogP contribution in [0.4, 0.5) is 5.69 Å². The van der Waals surface area contributed by atoms with E-state index in [4.69, 9.17) is 14.2 Å². The van der Waals surface area contributed by atoms with Crippen LogP contribution >= 0.6 is 0 Å². The second kappa shape index (κ2) is 11.8. The molecule has 170 valence electrons. The highest BCUT2D eigenvalue weighted by Gasteiger charge is 2.14. The highest BCUT2D eigenvalue weighted by molar-refractivity contribution is 5.91. The molecular weight excluding hydrogens is 404 g/mol. The molecule has 0 aromatic heterocycles. The van der Waals surface area contributed by atoms with Crippen LogP contribution in [-0.2, 0) is 32.2 Å². The summed E-state index contributed by atoms with van der Waals surface area (Å²) in [6.45, 7) is 6.02. The van der Waals surface area contributed by atoms with Crippen molar-refractivity contribution in [2.24, 2.45) is 0 Å². The number of carbonyl (C=O) groups is 1. The molecule has 0 spiro atoms. The van der Waals surface area contributed by atoms with E-state index in [1.807, 2.05) is 30.3 Å². The third kappa shape index (κ3) is 6.92. The Kier molecular flexibility index (Phi) is 8.31. The van der Waals surface area contributed by atoms with Gasteiger partial charge in [-0.15, -0.1) is 0 Å². The van der Waals surface area contributed by atoms with E-state index in [2.05, 4.69) is 34.5 Å². The number of nitrogens with one attached hydrogen (secondary N) is 1. The van der Waals surface area contributed by atoms with Crippen molar-refractivity contribution in [1.29, 1.82) is 0 Å². The van der Waals surface area contributed by atoms with Gasteiger partial charge in [-0.1, -0.05) is 36.4 Å². The quantitative estimate of drug-likeness (QED) is 0.642. The molecule has 0 unspecified atom stereocenters. The van der Waals surface area contributed by atoms with Crippen LogP contribution in [0, 0.1) is 0 Å². The zero-order valence-corrected chi connectivity index (χ0v) is 18.5. The highest BCUT2D eigenvalue weighted by atomic mass is 16.5. The zero-order chi connectivity index (χ0) is 22.0. The van der Waals surface area contributed by atoms with Gasteiger partial charge in [0.25, 0.3) is 0 Å². The summed E-state index contributed by atoms with van der Waals surface area (Å²) in [5.74, 6) is -0.105. The average molecular weight is 437 g/mol. The SMILES string of the molecule is O=C(/C=C/c1ccc(N2CCOCC2)cc1)NCc1cccc(COC2CCOCC2)c1. The first-order valence-electron chi connectivity index (χ1n) is 11.4. The van der Waals surface area contributed by atoms with Crippen molar-refractivity contribution in [2.75, 3.05) is 44.4 Å². The smallest absolute Gasteiger partial charge is 0.244 e. The Morgan fingerprint density at radius 2 is 1.72 bits per heavy atom. The van der Waals surface area contributed by atoms with Gasteiger partial charge >= 0.3 is 0 Å². The van der Waals surface area contributed by atoms with E-state index < -0.39 is 0 Å². The number of nitrogens with zero attached hydrogens (tertiary/aromatic N) is 1. The average Bonchev–Trinajstić information content (AvgIpc) is 2.87. The Bertz CT molecular complexity index is 885. The summed E-state index contributed by atoms with van der Waals surface area (Å²) in [6.07, 6.45) is 5.62. The Labute approximate surface area is 190 Å². The molecule has 2 aliphatic heterocycles. The van der Waals surface area contributed by atoms with E-state index in [1.165, 1.54) is 5.69 Å². The van der Waals surface area contributed by atoms with Crippen LogP contribution in [-0.4, -0.2) is 51.5 Å². The molecule has 0 atom stereocenters. The molecule has 2 aliphatic rings. The lowest BCUT2D eigenvalue weighted by Crippen LogP contribution is -2.36. The monoisotopic (exact) mass is 436 g/mol. The number of carbonyl (C=O) groups excluding carboxylic acids is 1. The molecule has 2 aromatic carbocycles. The van der Waals surface area contributed by atoms with Crippen molar-refractivity contribution >= 4 is 17.7 Å². The van der Waals surface area contributed by atoms with E-state index in [0.717, 1.165) is 69.0 Å². The minimum Gasteiger partial charge on any atom is -0.381 e. The maximum Gasteiger partial charge on any atom is 0.244 e. The fourth-order valence-corrected chi connectivity index (χ4v) is 3.92. The Hall–Kier alpha value is -2.67. The molecule has 32 heavy (non-hydrogen) atoms. The molecule has 2 heterocycles. The molecule has 2 fully saturated rings. The lowest BCUT2D eigenvalue weighted by atomic mass is 10.1. The van der Waals surface area contributed by atoms with Crippen LogP contribution < -0.4 is 10.2 Å². The first-order chi connectivity index (χ1) is 15.8. The predicted octanol–water partition coefficient (Wildman–Crippen LogP) is 3.55. The highest BCUT2D eigenvalue weighted by Crippen LogP contribution is 2.17. The molecule has 0 aliphatic carbocycles. The van der Waals surface area contributed by atoms with Gasteiger partial charge in [-0.25, -0.2) is 0 Å². The van der Waals surface area contributed by atoms with Gasteiger partial charge in [0.15, 0.2) is 0 Å². The summed E-state index contributed by atoms with van der Waals surface area (Å²) in [5, 5.41) is 2.96. The van der Waals surface area contributed by atoms with Gasteiger partial charge in [-0.05, 0) is 47.7 Å². The normalized spacial score (nSPS) is 17.6. The van der Waals surface area contributed by atoms with Gasteiger partial charge in [0, 0.05) is 44.6 Å². The molecule has 6 nitrogen and oxygen atoms in total. The number of hydrogen-bond donors (Lipinski definition) is 1. The van der Waals surface area contributed by atoms with Crippen molar-refractivity contribution in [3.8, 4) is 0 Å². The minimum atomic E-state index is -0.105. The van der Waals surface area contributed by atoms with Crippen LogP contribution in [0.3, 0.4) is 0 Å². The second-order valence-electron chi connectivity index (χ2n) is 8.18. The van der Waals surface area contributed by atoms with Gasteiger partial charge < -0.3 is 24.4 Å². The topological polar surface area (TPSA) is 60.0 Å². The number of anilines is 1. The lowest BCUT2D eigenvalue weighted by Gasteiger charge is -2.28. The van der Waals surface area contributed by atoms with Crippen molar-refractivity contribution in [3.63, 3.8) is 0 Å². The fourth-order valence-electron chi connectivity index (χ4n) is 3.92. The molecule has 4 rings (SSSR count). The molecule has 0 saturated carbocycles. The summed E-state index contributed by atoms with van der Waals surface area (Å²) < 4.78 is 16.8. The Morgan fingerprint density at radius 3 is 2.50 bits per heavy atom. The van der Waals surface area contributed by atoms with Gasteiger partial charge in [-0.3, -0.25) is 4.79 Å². The molecular formula is C26H32N2O4. The number of ether oxygens (including phenoxy) is 3. The summed E-state index contributed by atoms with van der Waals surface area (Å²) in [4.78, 5) is 14.6. The molecule has 0 radical (unpaired) electrons. The molecule has 0 bridgehead atoms. The molecule has 6 heteroatoms. The largest absolute Gasteiger partial charge is 0.381 e. The molecule has 2 saturated heterocycles. The number of rotatable bonds is 8. The second-order valence-corrected chi connectivity index (χ2v) is 8.18. The van der Waals surface area contributed by atoms with E-state index in [-0.39, 0.29) is 12.0 Å². The maximum absolute atomic E-state index is 12.3. The Balaban J connectivity index is 1.22. The van der Waals surface area contributed by atoms with Crippen LogP contribution in [0.5, 0.6) is 0 Å². The number of amides is 1. The third-order valence-electron chi connectivity index (χ3n) is 5.81. The van der Waals surface area contributed by atoms with Crippen molar-refractivity contribution < 1.29 is 19.0 Å². The Morgan fingerprint density at radius 1 is 1.00 bits per heavy atom. The van der Waals surface area contributed by atoms with Gasteiger partial charge in [0.1, 0.15) is 0 Å². The summed E-state index contributed by atoms with van der Waals surface area (Å²) >= 11 is 0.